The van der Waals surface area contributed by atoms with E-state index in [0.717, 1.165) is 16.7 Å². The largest absolute Gasteiger partial charge is 0.497 e. The van der Waals surface area contributed by atoms with Crippen LogP contribution in [0.1, 0.15) is 33.1 Å². The fraction of sp³-hybridized carbons (Fsp3) is 0.133. The van der Waals surface area contributed by atoms with E-state index in [1.807, 2.05) is 84.9 Å². The van der Waals surface area contributed by atoms with Gasteiger partial charge in [0.15, 0.2) is 0 Å². The summed E-state index contributed by atoms with van der Waals surface area (Å²) in [6.45, 7) is 0.758. The van der Waals surface area contributed by atoms with E-state index in [1.165, 1.54) is 0 Å². The van der Waals surface area contributed by atoms with Crippen LogP contribution >= 0.6 is 0 Å². The van der Waals surface area contributed by atoms with E-state index in [2.05, 4.69) is 6.07 Å². The SMILES string of the molecule is COc1ccc(C(=O)N(Cc2ccccc2)C(C#N)c2ccc(OCc3ccccc3)cc2)cc1. The smallest absolute Gasteiger partial charge is 0.255 e. The number of nitriles is 1. The Balaban J connectivity index is 1.57. The lowest BCUT2D eigenvalue weighted by Gasteiger charge is -2.28. The van der Waals surface area contributed by atoms with E-state index in [4.69, 9.17) is 9.47 Å². The maximum absolute atomic E-state index is 13.6. The second-order valence-electron chi connectivity index (χ2n) is 8.02. The van der Waals surface area contributed by atoms with Gasteiger partial charge in [-0.1, -0.05) is 72.8 Å². The van der Waals surface area contributed by atoms with Gasteiger partial charge in [0.1, 0.15) is 24.1 Å². The molecule has 5 nitrogen and oxygen atoms in total. The molecule has 0 aliphatic heterocycles. The van der Waals surface area contributed by atoms with E-state index in [0.29, 0.717) is 30.2 Å². The molecule has 0 saturated carbocycles. The number of methoxy groups -OCH3 is 1. The van der Waals surface area contributed by atoms with Crippen molar-refractivity contribution in [1.29, 1.82) is 5.26 Å². The minimum Gasteiger partial charge on any atom is -0.497 e. The first-order chi connectivity index (χ1) is 17.2. The molecular formula is C30H26N2O3. The molecule has 35 heavy (non-hydrogen) atoms. The minimum absolute atomic E-state index is 0.229. The topological polar surface area (TPSA) is 62.6 Å². The van der Waals surface area contributed by atoms with Crippen molar-refractivity contribution in [3.8, 4) is 17.6 Å². The summed E-state index contributed by atoms with van der Waals surface area (Å²) in [5, 5.41) is 10.1. The monoisotopic (exact) mass is 462 g/mol. The van der Waals surface area contributed by atoms with Crippen molar-refractivity contribution < 1.29 is 14.3 Å². The highest BCUT2D eigenvalue weighted by Gasteiger charge is 2.26. The van der Waals surface area contributed by atoms with Crippen LogP contribution in [-0.4, -0.2) is 17.9 Å². The predicted octanol–water partition coefficient (Wildman–Crippen LogP) is 6.18. The summed E-state index contributed by atoms with van der Waals surface area (Å²) >= 11 is 0. The van der Waals surface area contributed by atoms with Crippen LogP contribution in [0.25, 0.3) is 0 Å². The van der Waals surface area contributed by atoms with Crippen LogP contribution in [0.5, 0.6) is 11.5 Å². The number of benzene rings is 4. The highest BCUT2D eigenvalue weighted by Crippen LogP contribution is 2.27. The quantitative estimate of drug-likeness (QED) is 0.298. The van der Waals surface area contributed by atoms with Gasteiger partial charge in [0, 0.05) is 12.1 Å². The molecular weight excluding hydrogens is 436 g/mol. The molecule has 174 valence electrons. The van der Waals surface area contributed by atoms with Gasteiger partial charge in [0.2, 0.25) is 0 Å². The predicted molar refractivity (Wildman–Crippen MR) is 135 cm³/mol. The highest BCUT2D eigenvalue weighted by atomic mass is 16.5. The average Bonchev–Trinajstić information content (AvgIpc) is 2.93. The van der Waals surface area contributed by atoms with Gasteiger partial charge >= 0.3 is 0 Å². The molecule has 4 rings (SSSR count). The van der Waals surface area contributed by atoms with Crippen LogP contribution in [0.3, 0.4) is 0 Å². The molecule has 4 aromatic rings. The summed E-state index contributed by atoms with van der Waals surface area (Å²) in [7, 11) is 1.58. The molecule has 0 N–H and O–H groups in total. The molecule has 1 unspecified atom stereocenters. The van der Waals surface area contributed by atoms with Gasteiger partial charge in [-0.15, -0.1) is 0 Å². The molecule has 0 heterocycles. The highest BCUT2D eigenvalue weighted by molar-refractivity contribution is 5.94. The van der Waals surface area contributed by atoms with Gasteiger partial charge < -0.3 is 14.4 Å². The fourth-order valence-electron chi connectivity index (χ4n) is 3.77. The zero-order chi connectivity index (χ0) is 24.5. The average molecular weight is 463 g/mol. The molecule has 0 aromatic heterocycles. The Morgan fingerprint density at radius 1 is 0.800 bits per heavy atom. The van der Waals surface area contributed by atoms with Crippen LogP contribution in [-0.2, 0) is 13.2 Å². The molecule has 1 atom stereocenters. The zero-order valence-electron chi connectivity index (χ0n) is 19.5. The summed E-state index contributed by atoms with van der Waals surface area (Å²) in [6.07, 6.45) is 0. The molecule has 4 aromatic carbocycles. The minimum atomic E-state index is -0.770. The van der Waals surface area contributed by atoms with Crippen molar-refractivity contribution in [2.45, 2.75) is 19.2 Å². The third-order valence-corrected chi connectivity index (χ3v) is 5.67. The molecule has 0 aliphatic carbocycles. The molecule has 0 saturated heterocycles. The summed E-state index contributed by atoms with van der Waals surface area (Å²) in [5.74, 6) is 1.14. The first-order valence-corrected chi connectivity index (χ1v) is 11.3. The Bertz CT molecular complexity index is 1270. The number of carbonyl (C=O) groups excluding carboxylic acids is 1. The summed E-state index contributed by atoms with van der Waals surface area (Å²) in [5.41, 5.74) is 3.23. The summed E-state index contributed by atoms with van der Waals surface area (Å²) < 4.78 is 11.1. The molecule has 5 heteroatoms. The number of ether oxygens (including phenoxy) is 2. The first-order valence-electron chi connectivity index (χ1n) is 11.3. The molecule has 0 fully saturated rings. The van der Waals surface area contributed by atoms with Crippen LogP contribution < -0.4 is 9.47 Å². The van der Waals surface area contributed by atoms with Gasteiger partial charge in [-0.05, 0) is 53.1 Å². The van der Waals surface area contributed by atoms with E-state index in [1.54, 1.807) is 36.3 Å². The number of carbonyl (C=O) groups is 1. The second-order valence-corrected chi connectivity index (χ2v) is 8.02. The van der Waals surface area contributed by atoms with Crippen LogP contribution in [0.4, 0.5) is 0 Å². The van der Waals surface area contributed by atoms with Crippen molar-refractivity contribution in [1.82, 2.24) is 4.90 Å². The van der Waals surface area contributed by atoms with Gasteiger partial charge in [-0.25, -0.2) is 0 Å². The third-order valence-electron chi connectivity index (χ3n) is 5.67. The Kier molecular flexibility index (Phi) is 7.77. The van der Waals surface area contributed by atoms with Crippen molar-refractivity contribution in [3.05, 3.63) is 131 Å². The summed E-state index contributed by atoms with van der Waals surface area (Å²) in [4.78, 5) is 15.2. The molecule has 0 bridgehead atoms. The van der Waals surface area contributed by atoms with Gasteiger partial charge in [-0.2, -0.15) is 5.26 Å². The zero-order valence-corrected chi connectivity index (χ0v) is 19.5. The number of rotatable bonds is 9. The number of nitrogens with zero attached hydrogens (tertiary/aromatic N) is 2. The van der Waals surface area contributed by atoms with E-state index in [9.17, 15) is 10.1 Å². The lowest BCUT2D eigenvalue weighted by atomic mass is 10.0. The van der Waals surface area contributed by atoms with E-state index < -0.39 is 6.04 Å². The lowest BCUT2D eigenvalue weighted by molar-refractivity contribution is 0.0701. The normalized spacial score (nSPS) is 11.2. The number of hydrogen-bond donors (Lipinski definition) is 0. The van der Waals surface area contributed by atoms with E-state index >= 15 is 0 Å². The van der Waals surface area contributed by atoms with Crippen molar-refractivity contribution >= 4 is 5.91 Å². The molecule has 0 aliphatic rings. The molecule has 0 radical (unpaired) electrons. The Labute approximate surface area is 205 Å². The van der Waals surface area contributed by atoms with Crippen LogP contribution in [0.15, 0.2) is 109 Å². The maximum Gasteiger partial charge on any atom is 0.255 e. The van der Waals surface area contributed by atoms with E-state index in [-0.39, 0.29) is 5.91 Å². The van der Waals surface area contributed by atoms with Crippen molar-refractivity contribution in [2.24, 2.45) is 0 Å². The maximum atomic E-state index is 13.6. The van der Waals surface area contributed by atoms with Crippen molar-refractivity contribution in [2.75, 3.05) is 7.11 Å². The van der Waals surface area contributed by atoms with Crippen LogP contribution in [0, 0.1) is 11.3 Å². The van der Waals surface area contributed by atoms with Crippen LogP contribution in [0.2, 0.25) is 0 Å². The second kappa shape index (κ2) is 11.5. The fourth-order valence-corrected chi connectivity index (χ4v) is 3.77. The van der Waals surface area contributed by atoms with Gasteiger partial charge in [0.25, 0.3) is 5.91 Å². The van der Waals surface area contributed by atoms with Gasteiger partial charge in [-0.3, -0.25) is 4.79 Å². The molecule has 1 amide bonds. The number of hydrogen-bond acceptors (Lipinski definition) is 4. The van der Waals surface area contributed by atoms with Crippen molar-refractivity contribution in [3.63, 3.8) is 0 Å². The lowest BCUT2D eigenvalue weighted by Crippen LogP contribution is -2.34. The Morgan fingerprint density at radius 2 is 1.37 bits per heavy atom. The Hall–Kier alpha value is -4.56. The first kappa shape index (κ1) is 23.6. The standard InChI is InChI=1S/C30H26N2O3/c1-34-27-16-14-26(15-17-27)30(33)32(21-23-8-4-2-5-9-23)29(20-31)25-12-18-28(19-13-25)35-22-24-10-6-3-7-11-24/h2-19,29H,21-22H2,1H3. The van der Waals surface area contributed by atoms with Gasteiger partial charge in [0.05, 0.1) is 13.2 Å². The number of amides is 1. The molecule has 0 spiro atoms. The third kappa shape index (κ3) is 6.07. The Morgan fingerprint density at radius 3 is 1.94 bits per heavy atom. The summed E-state index contributed by atoms with van der Waals surface area (Å²) in [6, 6.07) is 35.4.